The highest BCUT2D eigenvalue weighted by Gasteiger charge is 2.14. The summed E-state index contributed by atoms with van der Waals surface area (Å²) in [6, 6.07) is 6.67. The van der Waals surface area contributed by atoms with Crippen molar-refractivity contribution in [2.24, 2.45) is 0 Å². The molecule has 1 aromatic heterocycles. The number of hydrogen-bond donors (Lipinski definition) is 1. The molecule has 116 valence electrons. The molecule has 3 rings (SSSR count). The third-order valence-corrected chi connectivity index (χ3v) is 5.78. The highest BCUT2D eigenvalue weighted by atomic mass is 32.2. The van der Waals surface area contributed by atoms with Gasteiger partial charge in [-0.05, 0) is 49.3 Å². The van der Waals surface area contributed by atoms with Crippen molar-refractivity contribution in [1.29, 1.82) is 0 Å². The molecule has 6 heteroatoms. The Labute approximate surface area is 138 Å². The Bertz CT molecular complexity index is 643. The van der Waals surface area contributed by atoms with Crippen LogP contribution in [0.1, 0.15) is 42.5 Å². The van der Waals surface area contributed by atoms with Crippen LogP contribution in [0.15, 0.2) is 28.0 Å². The molecule has 1 aliphatic rings. The lowest BCUT2D eigenvalue weighted by atomic mass is 9.89. The van der Waals surface area contributed by atoms with Crippen LogP contribution in [0, 0.1) is 0 Å². The minimum absolute atomic E-state index is 0.0328. The highest BCUT2D eigenvalue weighted by Crippen LogP contribution is 2.25. The van der Waals surface area contributed by atoms with Gasteiger partial charge in [0.25, 0.3) is 0 Å². The van der Waals surface area contributed by atoms with E-state index >= 15 is 0 Å². The minimum Gasteiger partial charge on any atom is -0.349 e. The van der Waals surface area contributed by atoms with E-state index in [2.05, 4.69) is 33.7 Å². The van der Waals surface area contributed by atoms with Gasteiger partial charge in [0, 0.05) is 0 Å². The van der Waals surface area contributed by atoms with Gasteiger partial charge in [0.05, 0.1) is 11.8 Å². The van der Waals surface area contributed by atoms with Crippen molar-refractivity contribution in [1.82, 2.24) is 15.5 Å². The van der Waals surface area contributed by atoms with Gasteiger partial charge in [-0.2, -0.15) is 0 Å². The fourth-order valence-electron chi connectivity index (χ4n) is 2.74. The minimum atomic E-state index is 0.0328. The molecule has 1 atom stereocenters. The number of aryl methyl sites for hydroxylation is 2. The molecule has 0 saturated carbocycles. The zero-order chi connectivity index (χ0) is 15.4. The van der Waals surface area contributed by atoms with Crippen LogP contribution in [-0.4, -0.2) is 21.9 Å². The zero-order valence-electron chi connectivity index (χ0n) is 12.5. The van der Waals surface area contributed by atoms with E-state index in [0.717, 1.165) is 10.8 Å². The zero-order valence-corrected chi connectivity index (χ0v) is 14.2. The quantitative estimate of drug-likeness (QED) is 0.852. The molecule has 0 radical (unpaired) electrons. The van der Waals surface area contributed by atoms with Gasteiger partial charge in [0.1, 0.15) is 5.51 Å². The molecule has 22 heavy (non-hydrogen) atoms. The maximum absolute atomic E-state index is 12.0. The van der Waals surface area contributed by atoms with Crippen molar-refractivity contribution >= 4 is 29.0 Å². The van der Waals surface area contributed by atoms with Gasteiger partial charge >= 0.3 is 0 Å². The molecule has 2 aromatic rings. The largest absolute Gasteiger partial charge is 0.349 e. The molecule has 1 aliphatic carbocycles. The molecule has 1 N–H and O–H groups in total. The Kier molecular flexibility index (Phi) is 5.10. The van der Waals surface area contributed by atoms with E-state index in [1.807, 2.05) is 6.92 Å². The number of nitrogens with one attached hydrogen (secondary N) is 1. The summed E-state index contributed by atoms with van der Waals surface area (Å²) in [5.74, 6) is 0.412. The van der Waals surface area contributed by atoms with Crippen molar-refractivity contribution in [3.05, 3.63) is 40.4 Å². The van der Waals surface area contributed by atoms with Crippen molar-refractivity contribution in [2.45, 2.75) is 43.0 Å². The summed E-state index contributed by atoms with van der Waals surface area (Å²) in [6.07, 6.45) is 4.92. The van der Waals surface area contributed by atoms with Crippen LogP contribution in [-0.2, 0) is 17.6 Å². The van der Waals surface area contributed by atoms with Gasteiger partial charge in [-0.15, -0.1) is 10.2 Å². The lowest BCUT2D eigenvalue weighted by Gasteiger charge is -2.20. The number of carbonyl (C=O) groups is 1. The van der Waals surface area contributed by atoms with Crippen LogP contribution in [0.2, 0.25) is 0 Å². The topological polar surface area (TPSA) is 54.9 Å². The second kappa shape index (κ2) is 7.24. The molecule has 0 bridgehead atoms. The summed E-state index contributed by atoms with van der Waals surface area (Å²) < 4.78 is 0.830. The smallest absolute Gasteiger partial charge is 0.230 e. The highest BCUT2D eigenvalue weighted by molar-refractivity contribution is 8.01. The van der Waals surface area contributed by atoms with E-state index in [4.69, 9.17) is 0 Å². The van der Waals surface area contributed by atoms with Crippen LogP contribution >= 0.6 is 23.1 Å². The van der Waals surface area contributed by atoms with Crippen molar-refractivity contribution in [3.63, 3.8) is 0 Å². The average Bonchev–Trinajstić information content (AvgIpc) is 3.06. The molecule has 0 saturated heterocycles. The van der Waals surface area contributed by atoms with Crippen LogP contribution in [0.3, 0.4) is 0 Å². The summed E-state index contributed by atoms with van der Waals surface area (Å²) in [5.41, 5.74) is 5.79. The average molecular weight is 333 g/mol. The molecule has 1 heterocycles. The number of fused-ring (bicyclic) bond motifs is 1. The first-order valence-corrected chi connectivity index (χ1v) is 9.39. The normalized spacial score (nSPS) is 15.1. The number of aromatic nitrogens is 2. The molecule has 0 aliphatic heterocycles. The maximum Gasteiger partial charge on any atom is 0.230 e. The van der Waals surface area contributed by atoms with Crippen LogP contribution < -0.4 is 5.32 Å². The Balaban J connectivity index is 1.56. The van der Waals surface area contributed by atoms with E-state index in [1.165, 1.54) is 59.1 Å². The molecule has 0 fully saturated rings. The second-order valence-electron chi connectivity index (χ2n) is 5.52. The summed E-state index contributed by atoms with van der Waals surface area (Å²) >= 11 is 2.88. The van der Waals surface area contributed by atoms with Crippen LogP contribution in [0.5, 0.6) is 0 Å². The predicted molar refractivity (Wildman–Crippen MR) is 90.3 cm³/mol. The monoisotopic (exact) mass is 333 g/mol. The SMILES string of the molecule is C[C@@H](NC(=O)CSc1nncs1)c1ccc2c(c1)CCCC2. The first-order valence-electron chi connectivity index (χ1n) is 7.52. The Morgan fingerprint density at radius 1 is 1.36 bits per heavy atom. The number of benzene rings is 1. The number of carbonyl (C=O) groups excluding carboxylic acids is 1. The van der Waals surface area contributed by atoms with Crippen molar-refractivity contribution in [3.8, 4) is 0 Å². The molecule has 1 amide bonds. The predicted octanol–water partition coefficient (Wildman–Crippen LogP) is 3.39. The van der Waals surface area contributed by atoms with Gasteiger partial charge in [-0.1, -0.05) is 41.3 Å². The van der Waals surface area contributed by atoms with E-state index in [1.54, 1.807) is 5.51 Å². The number of nitrogens with zero attached hydrogens (tertiary/aromatic N) is 2. The van der Waals surface area contributed by atoms with Crippen molar-refractivity contribution < 1.29 is 4.79 Å². The van der Waals surface area contributed by atoms with Gasteiger partial charge in [-0.25, -0.2) is 0 Å². The van der Waals surface area contributed by atoms with E-state index in [0.29, 0.717) is 5.75 Å². The summed E-state index contributed by atoms with van der Waals surface area (Å²) in [5, 5.41) is 10.8. The lowest BCUT2D eigenvalue weighted by molar-refractivity contribution is -0.119. The number of amides is 1. The maximum atomic E-state index is 12.0. The standard InChI is InChI=1S/C16H19N3OS2/c1-11(18-15(20)9-21-16-19-17-10-22-16)13-7-6-12-4-2-3-5-14(12)8-13/h6-8,10-11H,2-5,9H2,1H3,(H,18,20)/t11-/m1/s1. The third-order valence-electron chi connectivity index (χ3n) is 3.92. The summed E-state index contributed by atoms with van der Waals surface area (Å²) in [4.78, 5) is 12.0. The molecule has 0 spiro atoms. The van der Waals surface area contributed by atoms with Gasteiger partial charge < -0.3 is 5.32 Å². The second-order valence-corrected chi connectivity index (χ2v) is 7.57. The molecule has 4 nitrogen and oxygen atoms in total. The fraction of sp³-hybridized carbons (Fsp3) is 0.438. The lowest BCUT2D eigenvalue weighted by Crippen LogP contribution is -2.28. The van der Waals surface area contributed by atoms with Crippen molar-refractivity contribution in [2.75, 3.05) is 5.75 Å². The van der Waals surface area contributed by atoms with Gasteiger partial charge in [0.15, 0.2) is 4.34 Å². The van der Waals surface area contributed by atoms with E-state index in [-0.39, 0.29) is 11.9 Å². The van der Waals surface area contributed by atoms with Gasteiger partial charge in [0.2, 0.25) is 5.91 Å². The van der Waals surface area contributed by atoms with Crippen LogP contribution in [0.4, 0.5) is 0 Å². The fourth-order valence-corrected chi connectivity index (χ4v) is 4.04. The number of hydrogen-bond acceptors (Lipinski definition) is 5. The number of thioether (sulfide) groups is 1. The van der Waals surface area contributed by atoms with E-state index in [9.17, 15) is 4.79 Å². The molecular weight excluding hydrogens is 314 g/mol. The first kappa shape index (κ1) is 15.5. The van der Waals surface area contributed by atoms with Gasteiger partial charge in [-0.3, -0.25) is 4.79 Å². The Morgan fingerprint density at radius 3 is 2.95 bits per heavy atom. The summed E-state index contributed by atoms with van der Waals surface area (Å²) in [6.45, 7) is 2.04. The molecular formula is C16H19N3OS2. The first-order chi connectivity index (χ1) is 10.7. The molecule has 1 aromatic carbocycles. The molecule has 0 unspecified atom stereocenters. The number of rotatable bonds is 5. The third kappa shape index (κ3) is 3.87. The van der Waals surface area contributed by atoms with E-state index < -0.39 is 0 Å². The Hall–Kier alpha value is -1.40. The Morgan fingerprint density at radius 2 is 2.18 bits per heavy atom. The summed E-state index contributed by atoms with van der Waals surface area (Å²) in [7, 11) is 0. The van der Waals surface area contributed by atoms with Crippen LogP contribution in [0.25, 0.3) is 0 Å².